The lowest BCUT2D eigenvalue weighted by Gasteiger charge is -2.15. The zero-order chi connectivity index (χ0) is 15.5. The van der Waals surface area contributed by atoms with Crippen LogP contribution in [-0.2, 0) is 22.6 Å². The Kier molecular flexibility index (Phi) is 4.02. The predicted molar refractivity (Wildman–Crippen MR) is 81.2 cm³/mol. The molecule has 0 saturated heterocycles. The van der Waals surface area contributed by atoms with E-state index in [0.717, 1.165) is 11.4 Å². The minimum atomic E-state index is -0.440. The molecule has 3 heterocycles. The third kappa shape index (κ3) is 2.53. The van der Waals surface area contributed by atoms with Crippen LogP contribution < -0.4 is 0 Å². The van der Waals surface area contributed by atoms with Crippen molar-refractivity contribution in [3.05, 3.63) is 41.9 Å². The van der Waals surface area contributed by atoms with Crippen molar-refractivity contribution in [1.82, 2.24) is 14.8 Å². The van der Waals surface area contributed by atoms with E-state index in [4.69, 9.17) is 9.47 Å². The van der Waals surface area contributed by atoms with Gasteiger partial charge in [0.2, 0.25) is 0 Å². The lowest BCUT2D eigenvalue weighted by atomic mass is 10.1. The van der Waals surface area contributed by atoms with E-state index in [0.29, 0.717) is 37.6 Å². The van der Waals surface area contributed by atoms with Crippen LogP contribution in [0, 0.1) is 0 Å². The summed E-state index contributed by atoms with van der Waals surface area (Å²) in [5.74, 6) is -0.440. The van der Waals surface area contributed by atoms with Crippen molar-refractivity contribution >= 4 is 12.0 Å². The normalized spacial score (nSPS) is 13.5. The smallest absolute Gasteiger partial charge is 0.359 e. The monoisotopic (exact) mass is 299 g/mol. The Bertz CT molecular complexity index is 721. The highest BCUT2D eigenvalue weighted by molar-refractivity contribution is 5.95. The van der Waals surface area contributed by atoms with E-state index in [9.17, 15) is 4.79 Å². The average molecular weight is 299 g/mol. The molecule has 0 aliphatic carbocycles. The van der Waals surface area contributed by atoms with Crippen molar-refractivity contribution in [3.8, 4) is 11.3 Å². The first kappa shape index (κ1) is 14.5. The van der Waals surface area contributed by atoms with Gasteiger partial charge in [0.15, 0.2) is 5.69 Å². The minimum Gasteiger partial charge on any atom is -0.461 e. The van der Waals surface area contributed by atoms with Gasteiger partial charge < -0.3 is 9.47 Å². The second kappa shape index (κ2) is 6.11. The molecule has 22 heavy (non-hydrogen) atoms. The molecule has 0 unspecified atom stereocenters. The first-order valence-electron chi connectivity index (χ1n) is 7.19. The Morgan fingerprint density at radius 2 is 2.41 bits per heavy atom. The Balaban J connectivity index is 2.16. The third-order valence-corrected chi connectivity index (χ3v) is 3.45. The summed E-state index contributed by atoms with van der Waals surface area (Å²) < 4.78 is 12.4. The molecular weight excluding hydrogens is 282 g/mol. The molecule has 0 amide bonds. The molecule has 0 aromatic carbocycles. The molecule has 2 aromatic rings. The molecule has 0 spiro atoms. The predicted octanol–water partition coefficient (Wildman–Crippen LogP) is 2.29. The standard InChI is InChI=1S/C16H17N3O3/c1-3-11-6-5-7-12(17-11)14-13-10-21-9-8-19(13)18-15(14)16(20)22-4-2/h3,5-7H,1,4,8-10H2,2H3. The fraction of sp³-hybridized carbons (Fsp3) is 0.312. The van der Waals surface area contributed by atoms with Crippen molar-refractivity contribution in [2.45, 2.75) is 20.1 Å². The number of rotatable bonds is 4. The van der Waals surface area contributed by atoms with Crippen molar-refractivity contribution in [2.75, 3.05) is 13.2 Å². The second-order valence-corrected chi connectivity index (χ2v) is 4.82. The Morgan fingerprint density at radius 3 is 3.18 bits per heavy atom. The minimum absolute atomic E-state index is 0.288. The van der Waals surface area contributed by atoms with Crippen LogP contribution in [0.5, 0.6) is 0 Å². The quantitative estimate of drug-likeness (QED) is 0.810. The van der Waals surface area contributed by atoms with Crippen LogP contribution >= 0.6 is 0 Å². The first-order chi connectivity index (χ1) is 10.7. The Morgan fingerprint density at radius 1 is 1.55 bits per heavy atom. The molecule has 0 atom stereocenters. The van der Waals surface area contributed by atoms with Crippen molar-refractivity contribution in [1.29, 1.82) is 0 Å². The summed E-state index contributed by atoms with van der Waals surface area (Å²) in [7, 11) is 0. The van der Waals surface area contributed by atoms with Gasteiger partial charge in [-0.15, -0.1) is 0 Å². The van der Waals surface area contributed by atoms with Crippen LogP contribution in [-0.4, -0.2) is 33.9 Å². The molecule has 1 aliphatic heterocycles. The SMILES string of the molecule is C=Cc1cccc(-c2c(C(=O)OCC)nn3c2COCC3)n1. The van der Waals surface area contributed by atoms with Crippen molar-refractivity contribution in [3.63, 3.8) is 0 Å². The largest absolute Gasteiger partial charge is 0.461 e. The van der Waals surface area contributed by atoms with Gasteiger partial charge in [-0.3, -0.25) is 4.68 Å². The zero-order valence-corrected chi connectivity index (χ0v) is 12.4. The van der Waals surface area contributed by atoms with Gasteiger partial charge in [0.25, 0.3) is 0 Å². The van der Waals surface area contributed by atoms with Crippen LogP contribution in [0.1, 0.15) is 28.8 Å². The number of pyridine rings is 1. The number of ether oxygens (including phenoxy) is 2. The van der Waals surface area contributed by atoms with Gasteiger partial charge in [0.05, 0.1) is 49.0 Å². The number of hydrogen-bond donors (Lipinski definition) is 0. The van der Waals surface area contributed by atoms with Crippen LogP contribution in [0.2, 0.25) is 0 Å². The molecule has 0 N–H and O–H groups in total. The molecule has 0 bridgehead atoms. The number of hydrogen-bond acceptors (Lipinski definition) is 5. The molecule has 1 aliphatic rings. The highest BCUT2D eigenvalue weighted by Crippen LogP contribution is 2.29. The van der Waals surface area contributed by atoms with Crippen LogP contribution in [0.25, 0.3) is 17.3 Å². The number of aromatic nitrogens is 3. The number of carbonyl (C=O) groups excluding carboxylic acids is 1. The van der Waals surface area contributed by atoms with Gasteiger partial charge in [-0.05, 0) is 25.1 Å². The lowest BCUT2D eigenvalue weighted by molar-refractivity contribution is 0.0517. The van der Waals surface area contributed by atoms with E-state index in [1.165, 1.54) is 0 Å². The van der Waals surface area contributed by atoms with Crippen LogP contribution in [0.4, 0.5) is 0 Å². The van der Waals surface area contributed by atoms with E-state index in [1.54, 1.807) is 17.7 Å². The summed E-state index contributed by atoms with van der Waals surface area (Å²) >= 11 is 0. The number of carbonyl (C=O) groups is 1. The molecule has 0 fully saturated rings. The lowest BCUT2D eigenvalue weighted by Crippen LogP contribution is -2.17. The number of fused-ring (bicyclic) bond motifs is 1. The van der Waals surface area contributed by atoms with Gasteiger partial charge >= 0.3 is 5.97 Å². The summed E-state index contributed by atoms with van der Waals surface area (Å²) in [6, 6.07) is 5.58. The van der Waals surface area contributed by atoms with E-state index in [-0.39, 0.29) is 5.69 Å². The van der Waals surface area contributed by atoms with Gasteiger partial charge in [-0.25, -0.2) is 9.78 Å². The average Bonchev–Trinajstić information content (AvgIpc) is 2.94. The second-order valence-electron chi connectivity index (χ2n) is 4.82. The van der Waals surface area contributed by atoms with Gasteiger partial charge in [0.1, 0.15) is 0 Å². The van der Waals surface area contributed by atoms with Crippen LogP contribution in [0.3, 0.4) is 0 Å². The maximum Gasteiger partial charge on any atom is 0.359 e. The molecule has 2 aromatic heterocycles. The first-order valence-corrected chi connectivity index (χ1v) is 7.19. The molecular formula is C16H17N3O3. The maximum absolute atomic E-state index is 12.2. The molecule has 6 heteroatoms. The maximum atomic E-state index is 12.2. The topological polar surface area (TPSA) is 66.2 Å². The highest BCUT2D eigenvalue weighted by Gasteiger charge is 2.27. The third-order valence-electron chi connectivity index (χ3n) is 3.45. The van der Waals surface area contributed by atoms with Crippen LogP contribution in [0.15, 0.2) is 24.8 Å². The molecule has 3 rings (SSSR count). The van der Waals surface area contributed by atoms with Gasteiger partial charge in [0, 0.05) is 0 Å². The molecule has 6 nitrogen and oxygen atoms in total. The fourth-order valence-electron chi connectivity index (χ4n) is 2.46. The van der Waals surface area contributed by atoms with E-state index in [2.05, 4.69) is 16.7 Å². The fourth-order valence-corrected chi connectivity index (χ4v) is 2.46. The zero-order valence-electron chi connectivity index (χ0n) is 12.4. The molecule has 0 radical (unpaired) electrons. The van der Waals surface area contributed by atoms with Crippen molar-refractivity contribution < 1.29 is 14.3 Å². The summed E-state index contributed by atoms with van der Waals surface area (Å²) in [6.07, 6.45) is 1.67. The van der Waals surface area contributed by atoms with Gasteiger partial charge in [-0.2, -0.15) is 5.10 Å². The highest BCUT2D eigenvalue weighted by atomic mass is 16.5. The van der Waals surface area contributed by atoms with E-state index >= 15 is 0 Å². The molecule has 0 saturated carbocycles. The number of nitrogens with zero attached hydrogens (tertiary/aromatic N) is 3. The summed E-state index contributed by atoms with van der Waals surface area (Å²) in [4.78, 5) is 16.7. The van der Waals surface area contributed by atoms with E-state index in [1.807, 2.05) is 18.2 Å². The Labute approximate surface area is 128 Å². The number of esters is 1. The van der Waals surface area contributed by atoms with E-state index < -0.39 is 5.97 Å². The molecule has 114 valence electrons. The summed E-state index contributed by atoms with van der Waals surface area (Å²) in [5, 5.41) is 4.40. The van der Waals surface area contributed by atoms with Crippen molar-refractivity contribution in [2.24, 2.45) is 0 Å². The Hall–Kier alpha value is -2.47. The summed E-state index contributed by atoms with van der Waals surface area (Å²) in [5.41, 5.74) is 3.23. The van der Waals surface area contributed by atoms with Gasteiger partial charge in [-0.1, -0.05) is 12.6 Å². The summed E-state index contributed by atoms with van der Waals surface area (Å²) in [6.45, 7) is 7.40.